The maximum absolute atomic E-state index is 12.4. The molecule has 0 aliphatic carbocycles. The summed E-state index contributed by atoms with van der Waals surface area (Å²) in [6.45, 7) is 0. The Kier molecular flexibility index (Phi) is 8.40. The molecule has 9 heteroatoms. The van der Waals surface area contributed by atoms with Crippen LogP contribution in [-0.2, 0) is 16.9 Å². The molecule has 23 heavy (non-hydrogen) atoms. The van der Waals surface area contributed by atoms with Crippen molar-refractivity contribution < 1.29 is 14.4 Å². The SMILES string of the molecule is COc1c(O)ccnc1C[S+]([O-])c1nc2ccccc2[nH]1.[NaH].[NaH]. The van der Waals surface area contributed by atoms with E-state index in [-0.39, 0.29) is 76.4 Å². The van der Waals surface area contributed by atoms with E-state index in [0.717, 1.165) is 11.0 Å². The zero-order valence-electron chi connectivity index (χ0n) is 11.2. The molecular weight excluding hydrogens is 336 g/mol. The van der Waals surface area contributed by atoms with Gasteiger partial charge in [-0.3, -0.25) is 9.97 Å². The Morgan fingerprint density at radius 3 is 2.70 bits per heavy atom. The molecule has 112 valence electrons. The molecule has 3 rings (SSSR count). The number of aromatic hydroxyl groups is 1. The minimum atomic E-state index is -1.41. The van der Waals surface area contributed by atoms with Crippen molar-refractivity contribution in [3.05, 3.63) is 42.2 Å². The van der Waals surface area contributed by atoms with Gasteiger partial charge in [-0.05, 0) is 12.1 Å². The predicted octanol–water partition coefficient (Wildman–Crippen LogP) is 0.683. The molecule has 6 nitrogen and oxygen atoms in total. The van der Waals surface area contributed by atoms with E-state index in [9.17, 15) is 9.66 Å². The van der Waals surface area contributed by atoms with E-state index in [1.807, 2.05) is 24.3 Å². The molecule has 3 aromatic rings. The van der Waals surface area contributed by atoms with E-state index in [2.05, 4.69) is 15.0 Å². The van der Waals surface area contributed by atoms with Gasteiger partial charge >= 0.3 is 64.3 Å². The van der Waals surface area contributed by atoms with Crippen molar-refractivity contribution in [2.24, 2.45) is 0 Å². The number of ether oxygens (including phenoxy) is 1. The molecule has 2 N–H and O–H groups in total. The number of imidazole rings is 1. The molecule has 0 saturated heterocycles. The summed E-state index contributed by atoms with van der Waals surface area (Å²) < 4.78 is 17.5. The van der Waals surface area contributed by atoms with E-state index in [4.69, 9.17) is 4.74 Å². The van der Waals surface area contributed by atoms with Gasteiger partial charge < -0.3 is 14.4 Å². The zero-order chi connectivity index (χ0) is 14.8. The van der Waals surface area contributed by atoms with E-state index in [1.54, 1.807) is 0 Å². The van der Waals surface area contributed by atoms with Crippen molar-refractivity contribution in [2.75, 3.05) is 7.11 Å². The summed E-state index contributed by atoms with van der Waals surface area (Å²) >= 11 is -1.41. The molecule has 0 amide bonds. The first-order valence-electron chi connectivity index (χ1n) is 6.23. The third-order valence-electron chi connectivity index (χ3n) is 3.01. The fourth-order valence-electron chi connectivity index (χ4n) is 2.03. The van der Waals surface area contributed by atoms with Crippen LogP contribution in [0.25, 0.3) is 11.0 Å². The molecule has 0 spiro atoms. The fourth-order valence-corrected chi connectivity index (χ4v) is 3.05. The average molecular weight is 351 g/mol. The number of nitrogens with zero attached hydrogens (tertiary/aromatic N) is 2. The second kappa shape index (κ2) is 9.29. The van der Waals surface area contributed by atoms with Crippen LogP contribution < -0.4 is 4.74 Å². The molecule has 0 radical (unpaired) electrons. The monoisotopic (exact) mass is 351 g/mol. The van der Waals surface area contributed by atoms with Crippen molar-refractivity contribution >= 4 is 81.3 Å². The number of pyridine rings is 1. The number of aromatic nitrogens is 3. The third kappa shape index (κ3) is 4.64. The van der Waals surface area contributed by atoms with Crippen molar-refractivity contribution in [1.82, 2.24) is 15.0 Å². The molecular formula is C14H15N3Na2O3S. The molecule has 0 aliphatic rings. The summed E-state index contributed by atoms with van der Waals surface area (Å²) in [7, 11) is 1.43. The van der Waals surface area contributed by atoms with Gasteiger partial charge in [-0.1, -0.05) is 12.1 Å². The van der Waals surface area contributed by atoms with Gasteiger partial charge in [-0.25, -0.2) is 0 Å². The van der Waals surface area contributed by atoms with Crippen molar-refractivity contribution in [2.45, 2.75) is 10.9 Å². The Bertz CT molecular complexity index is 752. The molecule has 1 unspecified atom stereocenters. The Morgan fingerprint density at radius 2 is 2.00 bits per heavy atom. The Balaban J connectivity index is 0.00000132. The number of hydrogen-bond donors (Lipinski definition) is 2. The van der Waals surface area contributed by atoms with Crippen LogP contribution in [0.4, 0.5) is 0 Å². The maximum atomic E-state index is 12.4. The van der Waals surface area contributed by atoms with Gasteiger partial charge in [0, 0.05) is 23.4 Å². The molecule has 1 atom stereocenters. The first-order chi connectivity index (χ1) is 10.2. The average Bonchev–Trinajstić information content (AvgIpc) is 2.91. The Labute approximate surface area is 180 Å². The minimum absolute atomic E-state index is 0. The van der Waals surface area contributed by atoms with E-state index >= 15 is 0 Å². The Morgan fingerprint density at radius 1 is 1.26 bits per heavy atom. The molecule has 0 aliphatic heterocycles. The Hall–Kier alpha value is -0.250. The first kappa shape index (κ1) is 20.8. The van der Waals surface area contributed by atoms with Crippen LogP contribution in [-0.4, -0.2) is 90.8 Å². The van der Waals surface area contributed by atoms with Gasteiger partial charge in [-0.15, -0.1) is 0 Å². The number of para-hydroxylation sites is 2. The molecule has 0 fully saturated rings. The number of methoxy groups -OCH3 is 1. The summed E-state index contributed by atoms with van der Waals surface area (Å²) in [6, 6.07) is 8.89. The summed E-state index contributed by atoms with van der Waals surface area (Å²) in [5.41, 5.74) is 2.02. The number of nitrogens with one attached hydrogen (secondary N) is 1. The van der Waals surface area contributed by atoms with Gasteiger partial charge in [0.1, 0.15) is 5.69 Å². The number of fused-ring (bicyclic) bond motifs is 1. The summed E-state index contributed by atoms with van der Waals surface area (Å²) in [5, 5.41) is 10.1. The molecule has 0 saturated carbocycles. The second-order valence-electron chi connectivity index (χ2n) is 4.36. The van der Waals surface area contributed by atoms with Crippen molar-refractivity contribution in [1.29, 1.82) is 0 Å². The van der Waals surface area contributed by atoms with Gasteiger partial charge in [0.15, 0.2) is 17.3 Å². The van der Waals surface area contributed by atoms with Crippen molar-refractivity contribution in [3.63, 3.8) is 0 Å². The normalized spacial score (nSPS) is 11.4. The summed E-state index contributed by atoms with van der Waals surface area (Å²) in [5.74, 6) is 0.322. The number of hydrogen-bond acceptors (Lipinski definition) is 5. The van der Waals surface area contributed by atoms with Crippen LogP contribution in [0, 0.1) is 0 Å². The summed E-state index contributed by atoms with van der Waals surface area (Å²) in [6.07, 6.45) is 1.45. The first-order valence-corrected chi connectivity index (χ1v) is 7.55. The van der Waals surface area contributed by atoms with Gasteiger partial charge in [-0.2, -0.15) is 4.98 Å². The number of benzene rings is 1. The predicted molar refractivity (Wildman–Crippen MR) is 93.0 cm³/mol. The van der Waals surface area contributed by atoms with Crippen molar-refractivity contribution in [3.8, 4) is 11.5 Å². The second-order valence-corrected chi connectivity index (χ2v) is 5.73. The third-order valence-corrected chi connectivity index (χ3v) is 4.17. The number of H-pyrrole nitrogens is 1. The van der Waals surface area contributed by atoms with E-state index in [0.29, 0.717) is 10.9 Å². The summed E-state index contributed by atoms with van der Waals surface area (Å²) in [4.78, 5) is 11.4. The van der Waals surface area contributed by atoms with E-state index in [1.165, 1.54) is 19.4 Å². The van der Waals surface area contributed by atoms with Crippen LogP contribution in [0.3, 0.4) is 0 Å². The van der Waals surface area contributed by atoms with Crippen LogP contribution in [0.15, 0.2) is 41.7 Å². The van der Waals surface area contributed by atoms with Crippen LogP contribution >= 0.6 is 0 Å². The van der Waals surface area contributed by atoms with Crippen LogP contribution in [0.5, 0.6) is 11.5 Å². The van der Waals surface area contributed by atoms with Gasteiger partial charge in [0.25, 0.3) is 0 Å². The quantitative estimate of drug-likeness (QED) is 0.533. The van der Waals surface area contributed by atoms with Gasteiger partial charge in [0.05, 0.1) is 18.1 Å². The zero-order valence-corrected chi connectivity index (χ0v) is 12.1. The fraction of sp³-hybridized carbons (Fsp3) is 0.143. The number of aromatic amines is 1. The molecule has 2 heterocycles. The van der Waals surface area contributed by atoms with Crippen LogP contribution in [0.1, 0.15) is 5.69 Å². The topological polar surface area (TPSA) is 94.1 Å². The molecule has 0 bridgehead atoms. The van der Waals surface area contributed by atoms with Gasteiger partial charge in [0.2, 0.25) is 0 Å². The standard InChI is InChI=1S/C14H13N3O3S.2Na.2H/c1-20-13-11(15-7-6-12(13)18)8-21(19)14-16-9-4-2-3-5-10(9)17-14;;;;/h2-7H,8H2,1H3,(H,15,18)(H,16,17);;;;. The number of rotatable bonds is 4. The van der Waals surface area contributed by atoms with E-state index < -0.39 is 11.2 Å². The molecule has 1 aromatic carbocycles. The molecule has 2 aromatic heterocycles. The van der Waals surface area contributed by atoms with Crippen LogP contribution in [0.2, 0.25) is 0 Å².